The van der Waals surface area contributed by atoms with E-state index in [1.54, 1.807) is 11.0 Å². The second-order valence-corrected chi connectivity index (χ2v) is 10.7. The number of halogens is 2. The van der Waals surface area contributed by atoms with E-state index in [4.69, 9.17) is 15.8 Å². The molecule has 0 saturated carbocycles. The van der Waals surface area contributed by atoms with Crippen molar-refractivity contribution >= 4 is 27.6 Å². The number of benzene rings is 2. The van der Waals surface area contributed by atoms with Gasteiger partial charge in [-0.2, -0.15) is 8.42 Å². The summed E-state index contributed by atoms with van der Waals surface area (Å²) in [4.78, 5) is 14.8. The molecule has 1 aliphatic heterocycles. The first-order chi connectivity index (χ1) is 15.6. The number of aryl methyl sites for hydroxylation is 2. The minimum atomic E-state index is -3.57. The quantitative estimate of drug-likeness (QED) is 0.474. The summed E-state index contributed by atoms with van der Waals surface area (Å²) in [6.45, 7) is 5.19. The Labute approximate surface area is 201 Å². The molecule has 1 saturated heterocycles. The average Bonchev–Trinajstić information content (AvgIpc) is 3.20. The summed E-state index contributed by atoms with van der Waals surface area (Å²) in [6.07, 6.45) is 3.87. The lowest BCUT2D eigenvalue weighted by Gasteiger charge is -2.31. The molecule has 1 heterocycles. The van der Waals surface area contributed by atoms with Crippen LogP contribution in [-0.2, 0) is 43.8 Å². The smallest absolute Gasteiger partial charge is 0.264 e. The van der Waals surface area contributed by atoms with E-state index in [-0.39, 0.29) is 29.5 Å². The zero-order valence-corrected chi connectivity index (χ0v) is 20.9. The highest BCUT2D eigenvalue weighted by atomic mass is 35.5. The predicted octanol–water partition coefficient (Wildman–Crippen LogP) is 4.68. The lowest BCUT2D eigenvalue weighted by atomic mass is 9.76. The van der Waals surface area contributed by atoms with Gasteiger partial charge >= 0.3 is 0 Å². The number of hydrogen-bond acceptors (Lipinski definition) is 4. The molecule has 1 atom stereocenters. The van der Waals surface area contributed by atoms with Gasteiger partial charge in [0.05, 0.1) is 19.3 Å². The maximum Gasteiger partial charge on any atom is 0.264 e. The van der Waals surface area contributed by atoms with Gasteiger partial charge in [0, 0.05) is 29.1 Å². The van der Waals surface area contributed by atoms with E-state index in [1.165, 1.54) is 23.3 Å². The van der Waals surface area contributed by atoms with Crippen LogP contribution in [0.25, 0.3) is 0 Å². The molecule has 1 amide bonds. The number of rotatable bonds is 9. The molecule has 0 bridgehead atoms. The molecular weight excluding hydrogens is 465 g/mol. The van der Waals surface area contributed by atoms with Crippen LogP contribution in [-0.4, -0.2) is 45.2 Å². The minimum absolute atomic E-state index is 0.0387. The molecule has 0 aromatic heterocycles. The zero-order chi connectivity index (χ0) is 24.2. The minimum Gasteiger partial charge on any atom is -0.341 e. The van der Waals surface area contributed by atoms with Crippen LogP contribution in [0.5, 0.6) is 0 Å². The molecule has 8 heteroatoms. The van der Waals surface area contributed by atoms with Crippen LogP contribution < -0.4 is 0 Å². The van der Waals surface area contributed by atoms with Crippen LogP contribution in [0, 0.1) is 5.82 Å². The number of likely N-dealkylation sites (tertiary alicyclic amines) is 1. The van der Waals surface area contributed by atoms with Crippen LogP contribution in [0.3, 0.4) is 0 Å². The zero-order valence-electron chi connectivity index (χ0n) is 19.4. The Kier molecular flexibility index (Phi) is 8.19. The van der Waals surface area contributed by atoms with Gasteiger partial charge in [0.15, 0.2) is 0 Å². The van der Waals surface area contributed by atoms with E-state index in [0.717, 1.165) is 24.7 Å². The average molecular weight is 496 g/mol. The topological polar surface area (TPSA) is 63.7 Å². The third kappa shape index (κ3) is 6.14. The lowest BCUT2D eigenvalue weighted by molar-refractivity contribution is -0.129. The fraction of sp³-hybridized carbons (Fsp3) is 0.480. The third-order valence-electron chi connectivity index (χ3n) is 6.55. The van der Waals surface area contributed by atoms with Crippen molar-refractivity contribution in [3.05, 3.63) is 69.5 Å². The summed E-state index contributed by atoms with van der Waals surface area (Å²) in [5.74, 6) is -0.695. The Morgan fingerprint density at radius 1 is 1.18 bits per heavy atom. The first kappa shape index (κ1) is 25.7. The van der Waals surface area contributed by atoms with Gasteiger partial charge in [-0.1, -0.05) is 49.7 Å². The highest BCUT2D eigenvalue weighted by Gasteiger charge is 2.41. The molecule has 0 aliphatic carbocycles. The van der Waals surface area contributed by atoms with Crippen molar-refractivity contribution < 1.29 is 21.8 Å². The van der Waals surface area contributed by atoms with Gasteiger partial charge in [-0.15, -0.1) is 0 Å². The molecule has 1 aliphatic rings. The van der Waals surface area contributed by atoms with Gasteiger partial charge in [-0.25, -0.2) is 4.39 Å². The molecule has 1 unspecified atom stereocenters. The Hall–Kier alpha value is -1.96. The molecule has 0 spiro atoms. The van der Waals surface area contributed by atoms with Gasteiger partial charge in [-0.05, 0) is 54.5 Å². The normalized spacial score (nSPS) is 18.6. The Morgan fingerprint density at radius 2 is 1.91 bits per heavy atom. The Morgan fingerprint density at radius 3 is 2.55 bits per heavy atom. The van der Waals surface area contributed by atoms with Crippen LogP contribution in [0.4, 0.5) is 4.39 Å². The summed E-state index contributed by atoms with van der Waals surface area (Å²) in [5, 5.41) is 0.234. The summed E-state index contributed by atoms with van der Waals surface area (Å²) >= 11 is 6.12. The van der Waals surface area contributed by atoms with Gasteiger partial charge in [0.1, 0.15) is 5.82 Å². The lowest BCUT2D eigenvalue weighted by Crippen LogP contribution is -2.36. The number of amides is 1. The number of carbonyl (C=O) groups excluding carboxylic acids is 1. The molecule has 2 aromatic rings. The summed E-state index contributed by atoms with van der Waals surface area (Å²) in [5.41, 5.74) is 3.37. The van der Waals surface area contributed by atoms with Gasteiger partial charge in [0.2, 0.25) is 5.91 Å². The van der Waals surface area contributed by atoms with Crippen molar-refractivity contribution in [2.75, 3.05) is 26.0 Å². The summed E-state index contributed by atoms with van der Waals surface area (Å²) < 4.78 is 42.4. The van der Waals surface area contributed by atoms with Crippen LogP contribution in [0.2, 0.25) is 5.02 Å². The van der Waals surface area contributed by atoms with Crippen molar-refractivity contribution in [3.63, 3.8) is 0 Å². The van der Waals surface area contributed by atoms with Crippen LogP contribution in [0.1, 0.15) is 48.9 Å². The maximum atomic E-state index is 14.2. The molecule has 0 N–H and O–H groups in total. The van der Waals surface area contributed by atoms with Crippen LogP contribution >= 0.6 is 11.6 Å². The number of hydrogen-bond donors (Lipinski definition) is 0. The molecular formula is C25H31ClFNO4S. The fourth-order valence-electron chi connectivity index (χ4n) is 4.65. The van der Waals surface area contributed by atoms with E-state index in [9.17, 15) is 17.6 Å². The monoisotopic (exact) mass is 495 g/mol. The second kappa shape index (κ2) is 10.5. The maximum absolute atomic E-state index is 14.2. The van der Waals surface area contributed by atoms with Gasteiger partial charge < -0.3 is 4.90 Å². The summed E-state index contributed by atoms with van der Waals surface area (Å²) in [7, 11) is -3.57. The first-order valence-corrected chi connectivity index (χ1v) is 13.5. The van der Waals surface area contributed by atoms with Crippen molar-refractivity contribution in [1.82, 2.24) is 4.90 Å². The molecule has 5 nitrogen and oxygen atoms in total. The van der Waals surface area contributed by atoms with E-state index >= 15 is 0 Å². The molecule has 1 fully saturated rings. The van der Waals surface area contributed by atoms with Crippen molar-refractivity contribution in [3.8, 4) is 0 Å². The largest absolute Gasteiger partial charge is 0.341 e. The van der Waals surface area contributed by atoms with E-state index in [0.29, 0.717) is 25.9 Å². The van der Waals surface area contributed by atoms with Crippen LogP contribution in [0.15, 0.2) is 36.4 Å². The van der Waals surface area contributed by atoms with E-state index in [2.05, 4.69) is 32.0 Å². The number of carbonyl (C=O) groups is 1. The van der Waals surface area contributed by atoms with Gasteiger partial charge in [-0.3, -0.25) is 8.98 Å². The first-order valence-electron chi connectivity index (χ1n) is 11.3. The van der Waals surface area contributed by atoms with Crippen molar-refractivity contribution in [2.45, 2.75) is 51.4 Å². The second-order valence-electron chi connectivity index (χ2n) is 8.69. The van der Waals surface area contributed by atoms with Gasteiger partial charge in [0.25, 0.3) is 10.1 Å². The Bertz CT molecular complexity index is 1100. The van der Waals surface area contributed by atoms with Crippen molar-refractivity contribution in [2.24, 2.45) is 0 Å². The standard InChI is InChI=1S/C25H31ClFNO4S/c1-4-18-9-10-20(15-19(18)5-2)25(12-14-32-33(3,30)31)11-13-28(17-25)24(29)16-21-22(26)7-6-8-23(21)27/h6-10,15H,4-5,11-14,16-17H2,1-3H3. The fourth-order valence-corrected chi connectivity index (χ4v) is 5.27. The molecule has 180 valence electrons. The predicted molar refractivity (Wildman–Crippen MR) is 129 cm³/mol. The third-order valence-corrected chi connectivity index (χ3v) is 7.50. The molecule has 2 aromatic carbocycles. The summed E-state index contributed by atoms with van der Waals surface area (Å²) in [6, 6.07) is 10.8. The highest BCUT2D eigenvalue weighted by molar-refractivity contribution is 7.85. The SMILES string of the molecule is CCc1ccc(C2(CCOS(C)(=O)=O)CCN(C(=O)Cc3c(F)cccc3Cl)C2)cc1CC. The highest BCUT2D eigenvalue weighted by Crippen LogP contribution is 2.39. The van der Waals surface area contributed by atoms with Crippen molar-refractivity contribution in [1.29, 1.82) is 0 Å². The molecule has 0 radical (unpaired) electrons. The molecule has 3 rings (SSSR count). The van der Waals surface area contributed by atoms with E-state index < -0.39 is 21.4 Å². The molecule has 33 heavy (non-hydrogen) atoms. The van der Waals surface area contributed by atoms with E-state index in [1.807, 2.05) is 0 Å². The Balaban J connectivity index is 1.87. The number of nitrogens with zero attached hydrogens (tertiary/aromatic N) is 1.